The smallest absolute Gasteiger partial charge is 0.322 e. The van der Waals surface area contributed by atoms with Crippen LogP contribution in [0, 0.1) is 0 Å². The van der Waals surface area contributed by atoms with Gasteiger partial charge >= 0.3 is 5.97 Å². The van der Waals surface area contributed by atoms with Gasteiger partial charge in [0.1, 0.15) is 13.2 Å². The maximum absolute atomic E-state index is 11.5. The van der Waals surface area contributed by atoms with E-state index in [2.05, 4.69) is 13.8 Å². The highest BCUT2D eigenvalue weighted by molar-refractivity contribution is 8.12. The summed E-state index contributed by atoms with van der Waals surface area (Å²) in [6.07, 6.45) is 0. The van der Waals surface area contributed by atoms with Gasteiger partial charge in [0.05, 0.1) is 13.2 Å². The van der Waals surface area contributed by atoms with Crippen molar-refractivity contribution in [2.75, 3.05) is 44.4 Å². The van der Waals surface area contributed by atoms with Gasteiger partial charge < -0.3 is 15.2 Å². The van der Waals surface area contributed by atoms with E-state index >= 15 is 0 Å². The first-order chi connectivity index (χ1) is 8.24. The molecule has 5 nitrogen and oxygen atoms in total. The number of ether oxygens (including phenoxy) is 2. The Labute approximate surface area is 136 Å². The first-order valence-corrected chi connectivity index (χ1v) is 7.59. The molecule has 0 heterocycles. The minimum absolute atomic E-state index is 0. The van der Waals surface area contributed by atoms with Crippen molar-refractivity contribution >= 4 is 54.7 Å². The highest BCUT2D eigenvalue weighted by Gasteiger charge is 2.11. The summed E-state index contributed by atoms with van der Waals surface area (Å²) in [7, 11) is 0. The highest BCUT2D eigenvalue weighted by atomic mass is 35.5. The van der Waals surface area contributed by atoms with Crippen molar-refractivity contribution in [3.8, 4) is 0 Å². The first-order valence-electron chi connectivity index (χ1n) is 5.71. The van der Waals surface area contributed by atoms with Gasteiger partial charge in [-0.15, -0.1) is 24.8 Å². The average molecular weight is 355 g/mol. The summed E-state index contributed by atoms with van der Waals surface area (Å²) in [5, 5.41) is 0. The molecule has 9 heteroatoms. The van der Waals surface area contributed by atoms with E-state index in [1.165, 1.54) is 0 Å². The molecule has 118 valence electrons. The zero-order valence-electron chi connectivity index (χ0n) is 11.3. The minimum atomic E-state index is -0.219. The summed E-state index contributed by atoms with van der Waals surface area (Å²) >= 11 is 3.25. The number of nitrogens with two attached hydrogens (primary N) is 1. The molecule has 2 N–H and O–H groups in total. The molecular formula is C10H24Cl2N2O3S2. The summed E-state index contributed by atoms with van der Waals surface area (Å²) in [6.45, 7) is 6.10. The molecule has 0 aromatic heterocycles. The van der Waals surface area contributed by atoms with Crippen molar-refractivity contribution in [1.29, 1.82) is 0 Å². The van der Waals surface area contributed by atoms with Crippen LogP contribution >= 0.6 is 48.7 Å². The Morgan fingerprint density at radius 1 is 1.11 bits per heavy atom. The molecule has 0 aliphatic carbocycles. The van der Waals surface area contributed by atoms with Crippen molar-refractivity contribution < 1.29 is 14.3 Å². The zero-order chi connectivity index (χ0) is 12.9. The van der Waals surface area contributed by atoms with Crippen LogP contribution in [0.25, 0.3) is 0 Å². The molecule has 0 atom stereocenters. The van der Waals surface area contributed by atoms with Crippen molar-refractivity contribution in [1.82, 2.24) is 3.71 Å². The van der Waals surface area contributed by atoms with Gasteiger partial charge in [-0.05, 0) is 0 Å². The van der Waals surface area contributed by atoms with Gasteiger partial charge in [-0.3, -0.25) is 4.79 Å². The van der Waals surface area contributed by atoms with Crippen molar-refractivity contribution in [3.63, 3.8) is 0 Å². The normalized spacial score (nSPS) is 9.68. The number of carbonyl (C=O) groups is 1. The maximum atomic E-state index is 11.5. The van der Waals surface area contributed by atoms with E-state index < -0.39 is 0 Å². The summed E-state index contributed by atoms with van der Waals surface area (Å²) in [5.74, 6) is 1.67. The number of halogens is 2. The van der Waals surface area contributed by atoms with Gasteiger partial charge in [0.2, 0.25) is 0 Å². The molecule has 0 rings (SSSR count). The predicted molar refractivity (Wildman–Crippen MR) is 88.3 cm³/mol. The van der Waals surface area contributed by atoms with E-state index in [4.69, 9.17) is 15.2 Å². The first kappa shape index (κ1) is 24.6. The van der Waals surface area contributed by atoms with Gasteiger partial charge in [0.15, 0.2) is 0 Å². The van der Waals surface area contributed by atoms with Gasteiger partial charge in [-0.1, -0.05) is 37.7 Å². The molecule has 0 aromatic rings. The van der Waals surface area contributed by atoms with E-state index in [1.54, 1.807) is 23.9 Å². The third-order valence-corrected chi connectivity index (χ3v) is 3.54. The number of rotatable bonds is 11. The standard InChI is InChI=1S/C10H22N2O3S2.2ClH/c1-3-16-12(17-4-2)9-10(13)15-8-7-14-6-5-11;;/h3-9,11H2,1-2H3;2*1H. The molecule has 0 saturated heterocycles. The number of hydrogen-bond acceptors (Lipinski definition) is 7. The molecule has 0 amide bonds. The Morgan fingerprint density at radius 2 is 1.68 bits per heavy atom. The lowest BCUT2D eigenvalue weighted by Gasteiger charge is -2.17. The molecule has 0 aliphatic rings. The van der Waals surface area contributed by atoms with Crippen LogP contribution in [0.1, 0.15) is 13.8 Å². The molecule has 0 unspecified atom stereocenters. The summed E-state index contributed by atoms with van der Waals surface area (Å²) in [5.41, 5.74) is 5.26. The second-order valence-electron chi connectivity index (χ2n) is 2.95. The average Bonchev–Trinajstić information content (AvgIpc) is 2.29. The Balaban J connectivity index is -0.00000128. The van der Waals surface area contributed by atoms with Crippen LogP contribution in [0.5, 0.6) is 0 Å². The van der Waals surface area contributed by atoms with Crippen LogP contribution in [0.4, 0.5) is 0 Å². The second-order valence-corrected chi connectivity index (χ2v) is 5.73. The minimum Gasteiger partial charge on any atom is -0.462 e. The van der Waals surface area contributed by atoms with Crippen LogP contribution in [0.3, 0.4) is 0 Å². The molecular weight excluding hydrogens is 331 g/mol. The van der Waals surface area contributed by atoms with E-state index in [-0.39, 0.29) is 30.8 Å². The topological polar surface area (TPSA) is 64.8 Å². The number of nitrogens with zero attached hydrogens (tertiary/aromatic N) is 1. The molecule has 0 spiro atoms. The monoisotopic (exact) mass is 354 g/mol. The fourth-order valence-electron chi connectivity index (χ4n) is 0.967. The van der Waals surface area contributed by atoms with Gasteiger partial charge in [-0.25, -0.2) is 0 Å². The quantitative estimate of drug-likeness (QED) is 0.345. The van der Waals surface area contributed by atoms with Crippen LogP contribution in [0.15, 0.2) is 0 Å². The van der Waals surface area contributed by atoms with Crippen molar-refractivity contribution in [3.05, 3.63) is 0 Å². The van der Waals surface area contributed by atoms with Crippen LogP contribution in [0.2, 0.25) is 0 Å². The van der Waals surface area contributed by atoms with Gasteiger partial charge in [-0.2, -0.15) is 3.71 Å². The Morgan fingerprint density at radius 3 is 2.16 bits per heavy atom. The van der Waals surface area contributed by atoms with Crippen molar-refractivity contribution in [2.24, 2.45) is 5.73 Å². The van der Waals surface area contributed by atoms with Gasteiger partial charge in [0.25, 0.3) is 0 Å². The Kier molecular flexibility index (Phi) is 24.2. The third-order valence-electron chi connectivity index (χ3n) is 1.56. The van der Waals surface area contributed by atoms with E-state index in [9.17, 15) is 4.79 Å². The van der Waals surface area contributed by atoms with E-state index in [0.717, 1.165) is 11.5 Å². The van der Waals surface area contributed by atoms with Crippen LogP contribution in [-0.4, -0.2) is 54.1 Å². The third kappa shape index (κ3) is 16.6. The SMILES string of the molecule is CCSN(CC(=O)OCCOCCN)SCC.Cl.Cl. The molecule has 0 fully saturated rings. The van der Waals surface area contributed by atoms with E-state index in [0.29, 0.717) is 32.9 Å². The lowest BCUT2D eigenvalue weighted by molar-refractivity contribution is -0.144. The van der Waals surface area contributed by atoms with Crippen LogP contribution < -0.4 is 5.73 Å². The summed E-state index contributed by atoms with van der Waals surface area (Å²) in [4.78, 5) is 11.5. The molecule has 0 aromatic carbocycles. The fraction of sp³-hybridized carbons (Fsp3) is 0.900. The Hall–Kier alpha value is 0.630. The van der Waals surface area contributed by atoms with Gasteiger partial charge in [0, 0.05) is 18.1 Å². The summed E-state index contributed by atoms with van der Waals surface area (Å²) < 4.78 is 12.1. The highest BCUT2D eigenvalue weighted by Crippen LogP contribution is 2.20. The lowest BCUT2D eigenvalue weighted by Crippen LogP contribution is -2.22. The largest absolute Gasteiger partial charge is 0.462 e. The van der Waals surface area contributed by atoms with Crippen molar-refractivity contribution in [2.45, 2.75) is 13.8 Å². The maximum Gasteiger partial charge on any atom is 0.322 e. The Bertz CT molecular complexity index is 200. The lowest BCUT2D eigenvalue weighted by atomic mass is 10.6. The zero-order valence-corrected chi connectivity index (χ0v) is 14.6. The number of carbonyl (C=O) groups excluding carboxylic acids is 1. The predicted octanol–water partition coefficient (Wildman–Crippen LogP) is 1.99. The molecule has 0 radical (unpaired) electrons. The van der Waals surface area contributed by atoms with E-state index in [1.807, 2.05) is 3.71 Å². The number of esters is 1. The molecule has 0 bridgehead atoms. The van der Waals surface area contributed by atoms with Crippen LogP contribution in [-0.2, 0) is 14.3 Å². The molecule has 19 heavy (non-hydrogen) atoms. The molecule has 0 aliphatic heterocycles. The number of hydrogen-bond donors (Lipinski definition) is 1. The second kappa shape index (κ2) is 18.6. The summed E-state index contributed by atoms with van der Waals surface area (Å²) in [6, 6.07) is 0. The fourth-order valence-corrected chi connectivity index (χ4v) is 2.87. The molecule has 0 saturated carbocycles.